The van der Waals surface area contributed by atoms with Gasteiger partial charge in [0.1, 0.15) is 0 Å². The van der Waals surface area contributed by atoms with Crippen molar-refractivity contribution in [3.8, 4) is 0 Å². The minimum absolute atomic E-state index is 0.242. The lowest BCUT2D eigenvalue weighted by Crippen LogP contribution is -2.37. The molecule has 1 unspecified atom stereocenters. The van der Waals surface area contributed by atoms with Crippen molar-refractivity contribution in [1.29, 1.82) is 0 Å². The summed E-state index contributed by atoms with van der Waals surface area (Å²) in [5.41, 5.74) is 6.13. The number of hydrogen-bond acceptors (Lipinski definition) is 2. The highest BCUT2D eigenvalue weighted by atomic mass is 15.2. The van der Waals surface area contributed by atoms with E-state index in [1.165, 1.54) is 30.5 Å². The van der Waals surface area contributed by atoms with Gasteiger partial charge in [0.2, 0.25) is 0 Å². The first kappa shape index (κ1) is 16.6. The fraction of sp³-hybridized carbons (Fsp3) is 0.619. The molecule has 0 amide bonds. The van der Waals surface area contributed by atoms with Crippen LogP contribution in [0.2, 0.25) is 0 Å². The van der Waals surface area contributed by atoms with Crippen molar-refractivity contribution in [2.45, 2.75) is 64.0 Å². The van der Waals surface area contributed by atoms with Gasteiger partial charge in [-0.05, 0) is 54.8 Å². The van der Waals surface area contributed by atoms with Gasteiger partial charge in [0.25, 0.3) is 0 Å². The van der Waals surface area contributed by atoms with Crippen molar-refractivity contribution in [2.75, 3.05) is 20.6 Å². The zero-order valence-corrected chi connectivity index (χ0v) is 15.5. The quantitative estimate of drug-likeness (QED) is 0.810. The van der Waals surface area contributed by atoms with Crippen molar-refractivity contribution in [1.82, 2.24) is 9.80 Å². The molecule has 2 heteroatoms. The normalized spacial score (nSPS) is 24.6. The molecule has 3 rings (SSSR count). The molecule has 23 heavy (non-hydrogen) atoms. The Kier molecular flexibility index (Phi) is 4.31. The maximum Gasteiger partial charge on any atom is 0.0414 e. The number of likely N-dealkylation sites (N-methyl/N-ethyl adjacent to an activating group) is 2. The van der Waals surface area contributed by atoms with E-state index < -0.39 is 0 Å². The van der Waals surface area contributed by atoms with Crippen LogP contribution in [0, 0.1) is 0 Å². The largest absolute Gasteiger partial charge is 0.374 e. The number of aryl methyl sites for hydroxylation is 1. The summed E-state index contributed by atoms with van der Waals surface area (Å²) in [7, 11) is 4.50. The minimum Gasteiger partial charge on any atom is -0.374 e. The summed E-state index contributed by atoms with van der Waals surface area (Å²) in [4.78, 5) is 4.96. The summed E-state index contributed by atoms with van der Waals surface area (Å²) in [6.45, 7) is 12.2. The second-order valence-corrected chi connectivity index (χ2v) is 8.53. The van der Waals surface area contributed by atoms with Gasteiger partial charge in [-0.1, -0.05) is 45.5 Å². The molecule has 1 aliphatic carbocycles. The Morgan fingerprint density at radius 2 is 1.96 bits per heavy atom. The zero-order valence-electron chi connectivity index (χ0n) is 15.5. The van der Waals surface area contributed by atoms with Crippen LogP contribution in [0.3, 0.4) is 0 Å². The van der Waals surface area contributed by atoms with E-state index in [1.54, 1.807) is 11.1 Å². The first-order valence-electron chi connectivity index (χ1n) is 9.01. The van der Waals surface area contributed by atoms with Gasteiger partial charge in [-0.2, -0.15) is 0 Å². The molecular formula is C21H32N2. The van der Waals surface area contributed by atoms with E-state index >= 15 is 0 Å². The molecule has 1 heterocycles. The number of rotatable bonds is 3. The highest BCUT2D eigenvalue weighted by Gasteiger charge is 2.31. The molecule has 2 atom stereocenters. The van der Waals surface area contributed by atoms with Gasteiger partial charge in [-0.25, -0.2) is 0 Å². The molecule has 2 nitrogen and oxygen atoms in total. The highest BCUT2D eigenvalue weighted by molar-refractivity contribution is 5.40. The molecule has 0 saturated carbocycles. The lowest BCUT2D eigenvalue weighted by atomic mass is 9.85. The van der Waals surface area contributed by atoms with Crippen LogP contribution in [-0.2, 0) is 11.8 Å². The number of allylic oxidation sites excluding steroid dienone is 1. The standard InChI is InChI=1S/C21H32N2/c1-15-7-10-18(23(15)6)14-22(5)20-12-8-16-13-17(21(2,3)4)9-11-19(16)20/h9,11,13,18,20H,1,7-8,10,12,14H2,2-6H3/t18-,20?/m0/s1. The highest BCUT2D eigenvalue weighted by Crippen LogP contribution is 2.38. The molecule has 1 aromatic carbocycles. The Labute approximate surface area is 142 Å². The molecule has 1 aromatic rings. The summed E-state index contributed by atoms with van der Waals surface area (Å²) in [5, 5.41) is 0. The summed E-state index contributed by atoms with van der Waals surface area (Å²) in [6.07, 6.45) is 4.89. The molecule has 0 spiro atoms. The fourth-order valence-electron chi connectivity index (χ4n) is 4.15. The first-order chi connectivity index (χ1) is 10.8. The molecule has 2 aliphatic rings. The van der Waals surface area contributed by atoms with E-state index in [9.17, 15) is 0 Å². The van der Waals surface area contributed by atoms with E-state index in [2.05, 4.69) is 69.4 Å². The summed E-state index contributed by atoms with van der Waals surface area (Å²) >= 11 is 0. The topological polar surface area (TPSA) is 6.48 Å². The summed E-state index contributed by atoms with van der Waals surface area (Å²) < 4.78 is 0. The van der Waals surface area contributed by atoms with Crippen molar-refractivity contribution < 1.29 is 0 Å². The number of likely N-dealkylation sites (tertiary alicyclic amines) is 1. The predicted molar refractivity (Wildman–Crippen MR) is 98.8 cm³/mol. The molecule has 0 bridgehead atoms. The third-order valence-corrected chi connectivity index (χ3v) is 5.90. The van der Waals surface area contributed by atoms with Crippen LogP contribution in [0.1, 0.15) is 62.8 Å². The van der Waals surface area contributed by atoms with Gasteiger partial charge >= 0.3 is 0 Å². The van der Waals surface area contributed by atoms with E-state index in [4.69, 9.17) is 0 Å². The lowest BCUT2D eigenvalue weighted by Gasteiger charge is -2.31. The van der Waals surface area contributed by atoms with E-state index in [1.807, 2.05) is 0 Å². The molecule has 1 saturated heterocycles. The van der Waals surface area contributed by atoms with Crippen molar-refractivity contribution >= 4 is 0 Å². The molecule has 126 valence electrons. The summed E-state index contributed by atoms with van der Waals surface area (Å²) in [6, 6.07) is 8.40. The first-order valence-corrected chi connectivity index (χ1v) is 9.01. The third-order valence-electron chi connectivity index (χ3n) is 5.90. The van der Waals surface area contributed by atoms with Gasteiger partial charge in [0, 0.05) is 31.4 Å². The third kappa shape index (κ3) is 3.19. The molecule has 0 N–H and O–H groups in total. The number of fused-ring (bicyclic) bond motifs is 1. The fourth-order valence-corrected chi connectivity index (χ4v) is 4.15. The number of benzene rings is 1. The Bertz CT molecular complexity index is 596. The van der Waals surface area contributed by atoms with Gasteiger partial charge in [-0.3, -0.25) is 4.90 Å². The second kappa shape index (κ2) is 5.98. The number of hydrogen-bond donors (Lipinski definition) is 0. The van der Waals surface area contributed by atoms with Crippen LogP contribution >= 0.6 is 0 Å². The lowest BCUT2D eigenvalue weighted by molar-refractivity contribution is 0.186. The average Bonchev–Trinajstić information content (AvgIpc) is 3.04. The smallest absolute Gasteiger partial charge is 0.0414 e. The zero-order chi connectivity index (χ0) is 16.8. The van der Waals surface area contributed by atoms with Gasteiger partial charge in [0.05, 0.1) is 0 Å². The van der Waals surface area contributed by atoms with Crippen molar-refractivity contribution in [3.05, 3.63) is 47.2 Å². The van der Waals surface area contributed by atoms with Crippen LogP contribution < -0.4 is 0 Å². The van der Waals surface area contributed by atoms with Crippen molar-refractivity contribution in [2.24, 2.45) is 0 Å². The number of nitrogens with zero attached hydrogens (tertiary/aromatic N) is 2. The second-order valence-electron chi connectivity index (χ2n) is 8.53. The molecule has 0 radical (unpaired) electrons. The van der Waals surface area contributed by atoms with E-state index in [0.717, 1.165) is 13.0 Å². The van der Waals surface area contributed by atoms with Crippen molar-refractivity contribution in [3.63, 3.8) is 0 Å². The Morgan fingerprint density at radius 3 is 2.57 bits per heavy atom. The monoisotopic (exact) mass is 312 g/mol. The Hall–Kier alpha value is -1.28. The Morgan fingerprint density at radius 1 is 1.22 bits per heavy atom. The van der Waals surface area contributed by atoms with E-state index in [0.29, 0.717) is 12.1 Å². The van der Waals surface area contributed by atoms with Crippen LogP contribution in [0.5, 0.6) is 0 Å². The SMILES string of the molecule is C=C1CC[C@@H](CN(C)C2CCc3cc(C(C)(C)C)ccc32)N1C. The molecular weight excluding hydrogens is 280 g/mol. The predicted octanol–water partition coefficient (Wildman–Crippen LogP) is 4.51. The maximum atomic E-state index is 4.17. The molecule has 1 fully saturated rings. The minimum atomic E-state index is 0.242. The maximum absolute atomic E-state index is 4.17. The van der Waals surface area contributed by atoms with Crippen LogP contribution in [0.25, 0.3) is 0 Å². The molecule has 1 aliphatic heterocycles. The van der Waals surface area contributed by atoms with Crippen LogP contribution in [0.15, 0.2) is 30.5 Å². The molecule has 0 aromatic heterocycles. The van der Waals surface area contributed by atoms with Crippen LogP contribution in [0.4, 0.5) is 0 Å². The average molecular weight is 313 g/mol. The van der Waals surface area contributed by atoms with E-state index in [-0.39, 0.29) is 5.41 Å². The van der Waals surface area contributed by atoms with Gasteiger partial charge in [-0.15, -0.1) is 0 Å². The van der Waals surface area contributed by atoms with Crippen LogP contribution in [-0.4, -0.2) is 36.5 Å². The van der Waals surface area contributed by atoms with Gasteiger partial charge in [0.15, 0.2) is 0 Å². The Balaban J connectivity index is 1.73. The summed E-state index contributed by atoms with van der Waals surface area (Å²) in [5.74, 6) is 0. The van der Waals surface area contributed by atoms with Gasteiger partial charge < -0.3 is 4.90 Å².